The fraction of sp³-hybridized carbons (Fsp3) is 0.348. The summed E-state index contributed by atoms with van der Waals surface area (Å²) in [6, 6.07) is 6.44. The van der Waals surface area contributed by atoms with Crippen LogP contribution in [0.5, 0.6) is 0 Å². The lowest BCUT2D eigenvalue weighted by atomic mass is 9.93. The number of alkyl halides is 3. The molecule has 0 spiro atoms. The third kappa shape index (κ3) is 5.05. The second-order valence-corrected chi connectivity index (χ2v) is 8.41. The van der Waals surface area contributed by atoms with Gasteiger partial charge in [-0.2, -0.15) is 13.2 Å². The lowest BCUT2D eigenvalue weighted by molar-refractivity contribution is -0.137. The third-order valence-electron chi connectivity index (χ3n) is 5.80. The molecule has 1 saturated carbocycles. The molecule has 0 saturated heterocycles. The van der Waals surface area contributed by atoms with E-state index in [1.54, 1.807) is 6.92 Å². The van der Waals surface area contributed by atoms with Gasteiger partial charge in [-0.1, -0.05) is 6.07 Å². The van der Waals surface area contributed by atoms with Crippen LogP contribution < -0.4 is 5.32 Å². The summed E-state index contributed by atoms with van der Waals surface area (Å²) in [5.41, 5.74) is -1.95. The Balaban J connectivity index is 1.60. The largest absolute Gasteiger partial charge is 0.457 e. The summed E-state index contributed by atoms with van der Waals surface area (Å²) >= 11 is 0. The lowest BCUT2D eigenvalue weighted by Crippen LogP contribution is -2.29. The van der Waals surface area contributed by atoms with Crippen LogP contribution in [-0.2, 0) is 25.9 Å². The number of nitrogens with one attached hydrogen (secondary N) is 2. The molecule has 1 fully saturated rings. The molecule has 0 radical (unpaired) electrons. The predicted molar refractivity (Wildman–Crippen MR) is 117 cm³/mol. The second-order valence-electron chi connectivity index (χ2n) is 8.41. The molecule has 1 unspecified atom stereocenters. The van der Waals surface area contributed by atoms with Crippen LogP contribution >= 0.6 is 0 Å². The van der Waals surface area contributed by atoms with E-state index in [0.717, 1.165) is 12.1 Å². The van der Waals surface area contributed by atoms with E-state index in [2.05, 4.69) is 25.9 Å². The first kappa shape index (κ1) is 25.2. The van der Waals surface area contributed by atoms with Gasteiger partial charge in [0.25, 0.3) is 0 Å². The van der Waals surface area contributed by atoms with Crippen molar-refractivity contribution in [3.8, 4) is 11.4 Å². The number of nitrogens with zero attached hydrogens (tertiary/aromatic N) is 3. The van der Waals surface area contributed by atoms with E-state index in [9.17, 15) is 27.2 Å². The molecule has 0 aliphatic heterocycles. The van der Waals surface area contributed by atoms with E-state index >= 15 is 0 Å². The molecule has 13 heteroatoms. The number of ether oxygens (including phenoxy) is 2. The number of halogens is 4. The van der Waals surface area contributed by atoms with Crippen LogP contribution in [0.2, 0.25) is 0 Å². The Labute approximate surface area is 202 Å². The highest BCUT2D eigenvalue weighted by molar-refractivity contribution is 6.03. The number of carbonyl (C=O) groups is 2. The van der Waals surface area contributed by atoms with Crippen molar-refractivity contribution in [2.24, 2.45) is 0 Å². The van der Waals surface area contributed by atoms with Gasteiger partial charge in [0, 0.05) is 23.9 Å². The Hall–Kier alpha value is -3.87. The summed E-state index contributed by atoms with van der Waals surface area (Å²) in [5, 5.41) is 16.0. The van der Waals surface area contributed by atoms with Gasteiger partial charge >= 0.3 is 12.1 Å². The van der Waals surface area contributed by atoms with Gasteiger partial charge in [-0.3, -0.25) is 4.79 Å². The summed E-state index contributed by atoms with van der Waals surface area (Å²) in [6.45, 7) is 1.84. The maximum absolute atomic E-state index is 14.6. The second kappa shape index (κ2) is 9.64. The van der Waals surface area contributed by atoms with Crippen LogP contribution in [0.15, 0.2) is 36.4 Å². The van der Waals surface area contributed by atoms with E-state index in [-0.39, 0.29) is 47.7 Å². The zero-order valence-corrected chi connectivity index (χ0v) is 19.1. The van der Waals surface area contributed by atoms with Crippen molar-refractivity contribution < 1.29 is 36.6 Å². The average Bonchev–Trinajstić information content (AvgIpc) is 3.43. The van der Waals surface area contributed by atoms with E-state index in [0.29, 0.717) is 6.07 Å². The van der Waals surface area contributed by atoms with E-state index < -0.39 is 41.0 Å². The molecule has 1 aromatic heterocycles. The Bertz CT molecular complexity index is 1280. The summed E-state index contributed by atoms with van der Waals surface area (Å²) in [6.07, 6.45) is -4.70. The quantitative estimate of drug-likeness (QED) is 0.351. The van der Waals surface area contributed by atoms with Crippen LogP contribution in [-0.4, -0.2) is 52.3 Å². The first-order valence-electron chi connectivity index (χ1n) is 10.8. The molecule has 2 N–H and O–H groups in total. The summed E-state index contributed by atoms with van der Waals surface area (Å²) < 4.78 is 63.6. The Morgan fingerprint density at radius 1 is 1.19 bits per heavy atom. The van der Waals surface area contributed by atoms with Crippen LogP contribution in [0.1, 0.15) is 41.3 Å². The normalized spacial score (nSPS) is 15.3. The number of esters is 1. The Kier molecular flexibility index (Phi) is 6.76. The maximum Gasteiger partial charge on any atom is 0.416 e. The van der Waals surface area contributed by atoms with Gasteiger partial charge in [0.05, 0.1) is 23.1 Å². The molecular formula is C23H21F4N5O4. The molecule has 0 bridgehead atoms. The molecule has 9 nitrogen and oxygen atoms in total. The number of hydrogen-bond donors (Lipinski definition) is 2. The van der Waals surface area contributed by atoms with E-state index in [1.165, 1.54) is 25.3 Å². The SMILES string of the molecule is COCC(C)OC(=O)c1ccc(NC(=O)C2(c3ccc(C(F)(F)F)cc3F)CC2)cc1-c1nnn[nH]1. The summed E-state index contributed by atoms with van der Waals surface area (Å²) in [7, 11) is 1.47. The van der Waals surface area contributed by atoms with Crippen molar-refractivity contribution in [1.29, 1.82) is 0 Å². The fourth-order valence-corrected chi connectivity index (χ4v) is 3.86. The predicted octanol–water partition coefficient (Wildman–Crippen LogP) is 3.89. The van der Waals surface area contributed by atoms with Gasteiger partial charge in [-0.05, 0) is 60.5 Å². The van der Waals surface area contributed by atoms with Gasteiger partial charge in [0.2, 0.25) is 5.91 Å². The smallest absolute Gasteiger partial charge is 0.416 e. The Morgan fingerprint density at radius 2 is 1.94 bits per heavy atom. The van der Waals surface area contributed by atoms with Crippen molar-refractivity contribution in [2.75, 3.05) is 19.0 Å². The molecular weight excluding hydrogens is 486 g/mol. The highest BCUT2D eigenvalue weighted by Crippen LogP contribution is 2.50. The number of benzene rings is 2. The molecule has 1 aliphatic rings. The standard InChI is InChI=1S/C23H21F4N5O4/c1-12(11-35-2)36-20(33)15-5-4-14(10-16(15)19-29-31-32-30-19)28-21(34)22(7-8-22)17-6-3-13(9-18(17)24)23(25,26)27/h3-6,9-10,12H,7-8,11H2,1-2H3,(H,28,34)(H,29,30,31,32). The molecule has 1 atom stereocenters. The van der Waals surface area contributed by atoms with E-state index in [4.69, 9.17) is 9.47 Å². The number of rotatable bonds is 8. The molecule has 2 aromatic carbocycles. The van der Waals surface area contributed by atoms with Crippen molar-refractivity contribution >= 4 is 17.6 Å². The number of aromatic amines is 1. The number of H-pyrrole nitrogens is 1. The van der Waals surface area contributed by atoms with Crippen molar-refractivity contribution in [1.82, 2.24) is 20.6 Å². The van der Waals surface area contributed by atoms with Crippen LogP contribution in [0.4, 0.5) is 23.2 Å². The first-order chi connectivity index (χ1) is 17.0. The molecule has 190 valence electrons. The number of amides is 1. The maximum atomic E-state index is 14.6. The van der Waals surface area contributed by atoms with Crippen LogP contribution in [0.25, 0.3) is 11.4 Å². The molecule has 1 aliphatic carbocycles. The number of carbonyl (C=O) groups excluding carboxylic acids is 2. The van der Waals surface area contributed by atoms with Crippen molar-refractivity contribution in [3.63, 3.8) is 0 Å². The van der Waals surface area contributed by atoms with Gasteiger partial charge in [0.1, 0.15) is 11.9 Å². The monoisotopic (exact) mass is 507 g/mol. The molecule has 1 heterocycles. The van der Waals surface area contributed by atoms with Gasteiger partial charge in [-0.15, -0.1) is 5.10 Å². The number of anilines is 1. The zero-order valence-electron chi connectivity index (χ0n) is 19.1. The third-order valence-corrected chi connectivity index (χ3v) is 5.80. The summed E-state index contributed by atoms with van der Waals surface area (Å²) in [4.78, 5) is 25.8. The zero-order chi connectivity index (χ0) is 26.1. The highest BCUT2D eigenvalue weighted by atomic mass is 19.4. The molecule has 3 aromatic rings. The van der Waals surface area contributed by atoms with Gasteiger partial charge in [0.15, 0.2) is 5.82 Å². The van der Waals surface area contributed by atoms with Crippen molar-refractivity contribution in [3.05, 3.63) is 58.9 Å². The minimum Gasteiger partial charge on any atom is -0.457 e. The fourth-order valence-electron chi connectivity index (χ4n) is 3.86. The number of aromatic nitrogens is 4. The number of tetrazole rings is 1. The topological polar surface area (TPSA) is 119 Å². The summed E-state index contributed by atoms with van der Waals surface area (Å²) in [5.74, 6) is -2.23. The van der Waals surface area contributed by atoms with E-state index in [1.807, 2.05) is 0 Å². The molecule has 1 amide bonds. The van der Waals surface area contributed by atoms with Crippen LogP contribution in [0, 0.1) is 5.82 Å². The highest BCUT2D eigenvalue weighted by Gasteiger charge is 2.53. The lowest BCUT2D eigenvalue weighted by Gasteiger charge is -2.19. The van der Waals surface area contributed by atoms with Gasteiger partial charge < -0.3 is 14.8 Å². The number of methoxy groups -OCH3 is 1. The molecule has 36 heavy (non-hydrogen) atoms. The van der Waals surface area contributed by atoms with Crippen LogP contribution in [0.3, 0.4) is 0 Å². The molecule has 4 rings (SSSR count). The average molecular weight is 507 g/mol. The van der Waals surface area contributed by atoms with Crippen molar-refractivity contribution in [2.45, 2.75) is 37.5 Å². The van der Waals surface area contributed by atoms with Gasteiger partial charge in [-0.25, -0.2) is 14.3 Å². The minimum absolute atomic E-state index is 0.111. The first-order valence-corrected chi connectivity index (χ1v) is 10.8. The Morgan fingerprint density at radius 3 is 2.53 bits per heavy atom. The minimum atomic E-state index is -4.70. The number of hydrogen-bond acceptors (Lipinski definition) is 7.